The maximum Gasteiger partial charge on any atom is 0.255 e. The van der Waals surface area contributed by atoms with Gasteiger partial charge < -0.3 is 26.0 Å². The molecule has 6 heteroatoms. The summed E-state index contributed by atoms with van der Waals surface area (Å²) >= 11 is 0. The van der Waals surface area contributed by atoms with Crippen LogP contribution < -0.4 is 15.8 Å². The van der Waals surface area contributed by atoms with E-state index in [1.165, 1.54) is 18.2 Å². The lowest BCUT2D eigenvalue weighted by atomic mass is 10.1. The van der Waals surface area contributed by atoms with Crippen molar-refractivity contribution in [1.29, 1.82) is 0 Å². The molecule has 6 nitrogen and oxygen atoms in total. The number of anilines is 1. The number of para-hydroxylation sites is 3. The van der Waals surface area contributed by atoms with Crippen LogP contribution in [-0.4, -0.2) is 29.3 Å². The lowest BCUT2D eigenvalue weighted by Crippen LogP contribution is -2.28. The van der Waals surface area contributed by atoms with Gasteiger partial charge in [-0.1, -0.05) is 18.2 Å². The smallest absolute Gasteiger partial charge is 0.255 e. The van der Waals surface area contributed by atoms with Crippen molar-refractivity contribution < 1.29 is 19.7 Å². The van der Waals surface area contributed by atoms with Crippen molar-refractivity contribution >= 4 is 11.6 Å². The molecule has 0 unspecified atom stereocenters. The highest BCUT2D eigenvalue weighted by molar-refractivity contribution is 5.97. The summed E-state index contributed by atoms with van der Waals surface area (Å²) in [6, 6.07) is 11.2. The average molecular weight is 288 g/mol. The van der Waals surface area contributed by atoms with E-state index in [0.717, 1.165) is 0 Å². The van der Waals surface area contributed by atoms with Crippen LogP contribution in [0, 0.1) is 0 Å². The van der Waals surface area contributed by atoms with E-state index >= 15 is 0 Å². The molecule has 1 amide bonds. The minimum atomic E-state index is -0.493. The Hall–Kier alpha value is -2.89. The number of aromatic hydroxyl groups is 2. The number of ether oxygens (including phenoxy) is 1. The van der Waals surface area contributed by atoms with Gasteiger partial charge in [0.05, 0.1) is 17.8 Å². The van der Waals surface area contributed by atoms with E-state index in [1.807, 2.05) is 0 Å². The third-order valence-electron chi connectivity index (χ3n) is 2.82. The number of nitrogens with one attached hydrogen (secondary N) is 1. The van der Waals surface area contributed by atoms with E-state index < -0.39 is 11.7 Å². The highest BCUT2D eigenvalue weighted by Gasteiger charge is 2.13. The summed E-state index contributed by atoms with van der Waals surface area (Å²) < 4.78 is 5.43. The van der Waals surface area contributed by atoms with Crippen LogP contribution in [0.5, 0.6) is 17.2 Å². The number of carbonyl (C=O) groups is 1. The van der Waals surface area contributed by atoms with Gasteiger partial charge in [0.25, 0.3) is 5.91 Å². The minimum Gasteiger partial charge on any atom is -0.504 e. The highest BCUT2D eigenvalue weighted by Crippen LogP contribution is 2.27. The van der Waals surface area contributed by atoms with Gasteiger partial charge in [-0.15, -0.1) is 0 Å². The molecule has 0 aliphatic heterocycles. The second kappa shape index (κ2) is 6.51. The van der Waals surface area contributed by atoms with Crippen LogP contribution >= 0.6 is 0 Å². The second-order valence-corrected chi connectivity index (χ2v) is 4.32. The molecule has 2 rings (SSSR count). The lowest BCUT2D eigenvalue weighted by molar-refractivity contribution is 0.0943. The van der Waals surface area contributed by atoms with Gasteiger partial charge in [0, 0.05) is 0 Å². The van der Waals surface area contributed by atoms with Gasteiger partial charge in [-0.3, -0.25) is 4.79 Å². The quantitative estimate of drug-likeness (QED) is 0.379. The average Bonchev–Trinajstić information content (AvgIpc) is 2.48. The number of nitrogens with two attached hydrogens (primary N) is 1. The van der Waals surface area contributed by atoms with Crippen molar-refractivity contribution in [1.82, 2.24) is 5.32 Å². The van der Waals surface area contributed by atoms with Gasteiger partial charge in [0.2, 0.25) is 0 Å². The Morgan fingerprint density at radius 1 is 1.14 bits per heavy atom. The predicted octanol–water partition coefficient (Wildman–Crippen LogP) is 1.49. The van der Waals surface area contributed by atoms with Gasteiger partial charge in [-0.2, -0.15) is 0 Å². The third kappa shape index (κ3) is 3.56. The normalized spacial score (nSPS) is 10.1. The number of carbonyl (C=O) groups excluding carboxylic acids is 1. The summed E-state index contributed by atoms with van der Waals surface area (Å²) in [5.41, 5.74) is 6.25. The SMILES string of the molecule is Nc1ccccc1OCCNC(=O)c1cccc(O)c1O. The van der Waals surface area contributed by atoms with Crippen molar-refractivity contribution in [2.75, 3.05) is 18.9 Å². The highest BCUT2D eigenvalue weighted by atomic mass is 16.5. The lowest BCUT2D eigenvalue weighted by Gasteiger charge is -2.10. The first-order chi connectivity index (χ1) is 10.1. The van der Waals surface area contributed by atoms with Gasteiger partial charge in [-0.25, -0.2) is 0 Å². The fourth-order valence-electron chi connectivity index (χ4n) is 1.75. The van der Waals surface area contributed by atoms with Crippen molar-refractivity contribution in [2.24, 2.45) is 0 Å². The summed E-state index contributed by atoms with van der Waals surface area (Å²) in [7, 11) is 0. The van der Waals surface area contributed by atoms with Gasteiger partial charge >= 0.3 is 0 Å². The molecule has 21 heavy (non-hydrogen) atoms. The van der Waals surface area contributed by atoms with Crippen molar-refractivity contribution in [3.8, 4) is 17.2 Å². The molecule has 2 aromatic carbocycles. The number of nitrogen functional groups attached to an aromatic ring is 1. The first-order valence-corrected chi connectivity index (χ1v) is 6.36. The fourth-order valence-corrected chi connectivity index (χ4v) is 1.75. The van der Waals surface area contributed by atoms with Gasteiger partial charge in [-0.05, 0) is 24.3 Å². The Bertz CT molecular complexity index is 643. The first kappa shape index (κ1) is 14.5. The molecule has 0 bridgehead atoms. The molecule has 5 N–H and O–H groups in total. The first-order valence-electron chi connectivity index (χ1n) is 6.36. The molecule has 0 aliphatic carbocycles. The van der Waals surface area contributed by atoms with Crippen LogP contribution in [0.1, 0.15) is 10.4 Å². The zero-order chi connectivity index (χ0) is 15.2. The number of hydrogen-bond acceptors (Lipinski definition) is 5. The predicted molar refractivity (Wildman–Crippen MR) is 78.5 cm³/mol. The van der Waals surface area contributed by atoms with Gasteiger partial charge in [0.1, 0.15) is 12.4 Å². The van der Waals surface area contributed by atoms with Crippen LogP contribution in [0.4, 0.5) is 5.69 Å². The summed E-state index contributed by atoms with van der Waals surface area (Å²) in [5, 5.41) is 21.5. The van der Waals surface area contributed by atoms with Crippen molar-refractivity contribution in [3.63, 3.8) is 0 Å². The minimum absolute atomic E-state index is 0.00854. The van der Waals surface area contributed by atoms with E-state index in [1.54, 1.807) is 24.3 Å². The van der Waals surface area contributed by atoms with E-state index in [0.29, 0.717) is 11.4 Å². The van der Waals surface area contributed by atoms with Crippen LogP contribution in [0.15, 0.2) is 42.5 Å². The Morgan fingerprint density at radius 2 is 1.90 bits per heavy atom. The zero-order valence-corrected chi connectivity index (χ0v) is 11.2. The molecule has 0 radical (unpaired) electrons. The number of benzene rings is 2. The topological polar surface area (TPSA) is 105 Å². The zero-order valence-electron chi connectivity index (χ0n) is 11.2. The van der Waals surface area contributed by atoms with E-state index in [2.05, 4.69) is 5.32 Å². The number of hydrogen-bond donors (Lipinski definition) is 4. The molecular formula is C15H16N2O4. The molecule has 2 aromatic rings. The van der Waals surface area contributed by atoms with E-state index in [4.69, 9.17) is 10.5 Å². The molecule has 0 atom stereocenters. The molecule has 0 fully saturated rings. The van der Waals surface area contributed by atoms with Crippen LogP contribution in [0.2, 0.25) is 0 Å². The maximum atomic E-state index is 11.8. The van der Waals surface area contributed by atoms with Crippen LogP contribution in [0.25, 0.3) is 0 Å². The molecule has 0 aliphatic rings. The fraction of sp³-hybridized carbons (Fsp3) is 0.133. The molecule has 0 saturated carbocycles. The van der Waals surface area contributed by atoms with E-state index in [9.17, 15) is 15.0 Å². The maximum absolute atomic E-state index is 11.8. The van der Waals surface area contributed by atoms with Crippen LogP contribution in [-0.2, 0) is 0 Å². The molecular weight excluding hydrogens is 272 g/mol. The Balaban J connectivity index is 1.85. The Labute approximate surface area is 121 Å². The van der Waals surface area contributed by atoms with Crippen LogP contribution in [0.3, 0.4) is 0 Å². The summed E-state index contributed by atoms with van der Waals surface area (Å²) in [6.45, 7) is 0.474. The second-order valence-electron chi connectivity index (χ2n) is 4.32. The third-order valence-corrected chi connectivity index (χ3v) is 2.82. The van der Waals surface area contributed by atoms with Crippen molar-refractivity contribution in [2.45, 2.75) is 0 Å². The summed E-state index contributed by atoms with van der Waals surface area (Å²) in [6.07, 6.45) is 0. The number of amides is 1. The van der Waals surface area contributed by atoms with Gasteiger partial charge in [0.15, 0.2) is 11.5 Å². The molecule has 0 aromatic heterocycles. The number of rotatable bonds is 5. The summed E-state index contributed by atoms with van der Waals surface area (Å²) in [5.74, 6) is -0.723. The largest absolute Gasteiger partial charge is 0.504 e. The molecule has 0 heterocycles. The molecule has 0 saturated heterocycles. The standard InChI is InChI=1S/C15H16N2O4/c16-11-5-1-2-7-13(11)21-9-8-17-15(20)10-4-3-6-12(18)14(10)19/h1-7,18-19H,8-9,16H2,(H,17,20). The number of phenols is 2. The molecule has 110 valence electrons. The monoisotopic (exact) mass is 288 g/mol. The number of phenolic OH excluding ortho intramolecular Hbond substituents is 2. The summed E-state index contributed by atoms with van der Waals surface area (Å²) in [4.78, 5) is 11.8. The molecule has 0 spiro atoms. The Morgan fingerprint density at radius 3 is 2.67 bits per heavy atom. The van der Waals surface area contributed by atoms with Crippen molar-refractivity contribution in [3.05, 3.63) is 48.0 Å². The Kier molecular flexibility index (Phi) is 4.50. The van der Waals surface area contributed by atoms with E-state index in [-0.39, 0.29) is 24.5 Å².